The average molecular weight is 508 g/mol. The summed E-state index contributed by atoms with van der Waals surface area (Å²) in [5.74, 6) is -3.17. The molecule has 1 aromatic heterocycles. The quantitative estimate of drug-likeness (QED) is 0.216. The molecular weight excluding hydrogens is 477 g/mol. The summed E-state index contributed by atoms with van der Waals surface area (Å²) in [4.78, 5) is 41.8. The Morgan fingerprint density at radius 2 is 1.76 bits per heavy atom. The first-order valence-electron chi connectivity index (χ1n) is 12.3. The van der Waals surface area contributed by atoms with Crippen LogP contribution in [-0.2, 0) is 20.9 Å². The van der Waals surface area contributed by atoms with Crippen molar-refractivity contribution in [3.63, 3.8) is 0 Å². The predicted octanol–water partition coefficient (Wildman–Crippen LogP) is 3.36. The number of esters is 1. The molecule has 194 valence electrons. The number of pyridine rings is 1. The molecule has 0 unspecified atom stereocenters. The molecule has 1 saturated heterocycles. The molecule has 1 aliphatic heterocycles. The van der Waals surface area contributed by atoms with Gasteiger partial charge in [-0.05, 0) is 49.4 Å². The highest BCUT2D eigenvalue weighted by Gasteiger charge is 2.20. The molecule has 0 radical (unpaired) electrons. The van der Waals surface area contributed by atoms with E-state index in [-0.39, 0.29) is 24.5 Å². The van der Waals surface area contributed by atoms with Gasteiger partial charge in [-0.2, -0.15) is 0 Å². The van der Waals surface area contributed by atoms with Crippen LogP contribution in [0.4, 0.5) is 10.1 Å². The molecule has 0 saturated carbocycles. The highest BCUT2D eigenvalue weighted by atomic mass is 19.1. The van der Waals surface area contributed by atoms with Gasteiger partial charge in [-0.15, -0.1) is 0 Å². The number of aromatic nitrogens is 1. The second-order valence-corrected chi connectivity index (χ2v) is 8.86. The topological polar surface area (TPSA) is 92.1 Å². The van der Waals surface area contributed by atoms with Crippen LogP contribution >= 0.6 is 0 Å². The van der Waals surface area contributed by atoms with Crippen LogP contribution in [0.2, 0.25) is 0 Å². The predicted molar refractivity (Wildman–Crippen MR) is 140 cm³/mol. The molecule has 1 fully saturated rings. The van der Waals surface area contributed by atoms with Crippen molar-refractivity contribution in [1.82, 2.24) is 9.47 Å². The zero-order chi connectivity index (χ0) is 26.5. The Labute approximate surface area is 214 Å². The van der Waals surface area contributed by atoms with E-state index in [0.717, 1.165) is 44.0 Å². The number of carbonyl (C=O) groups excluding carboxylic acids is 2. The molecule has 4 rings (SSSR count). The number of aliphatic hydroxyl groups excluding tert-OH is 1. The summed E-state index contributed by atoms with van der Waals surface area (Å²) in [7, 11) is 0. The van der Waals surface area contributed by atoms with Gasteiger partial charge in [0.05, 0.1) is 17.7 Å². The number of aliphatic hydroxyl groups is 1. The van der Waals surface area contributed by atoms with E-state index in [1.54, 1.807) is 29.7 Å². The fraction of sp³-hybridized carbons (Fsp3) is 0.321. The standard InChI is InChI=1S/C28H30FN3O5/c1-3-30-11-13-31(14-12-30)21-9-10-22-24(15-21)32(17-19-5-7-20(29)8-6-19)18-23(27(22)35)25(33)16-26(34)28(36)37-4-2/h5-10,15-16,18,33H,3-4,11-14,17H2,1-2H3. The fourth-order valence-electron chi connectivity index (χ4n) is 4.46. The van der Waals surface area contributed by atoms with E-state index in [9.17, 15) is 23.9 Å². The molecule has 37 heavy (non-hydrogen) atoms. The van der Waals surface area contributed by atoms with E-state index in [1.807, 2.05) is 12.1 Å². The van der Waals surface area contributed by atoms with Crippen LogP contribution in [0.15, 0.2) is 59.5 Å². The van der Waals surface area contributed by atoms with Crippen LogP contribution in [0.25, 0.3) is 16.7 Å². The second kappa shape index (κ2) is 11.4. The first-order chi connectivity index (χ1) is 17.8. The summed E-state index contributed by atoms with van der Waals surface area (Å²) >= 11 is 0. The molecule has 1 N–H and O–H groups in total. The van der Waals surface area contributed by atoms with Gasteiger partial charge in [0.2, 0.25) is 0 Å². The molecule has 9 heteroatoms. The van der Waals surface area contributed by atoms with E-state index < -0.39 is 22.9 Å². The highest BCUT2D eigenvalue weighted by Crippen LogP contribution is 2.24. The summed E-state index contributed by atoms with van der Waals surface area (Å²) in [6.07, 6.45) is 2.15. The molecule has 3 aromatic rings. The summed E-state index contributed by atoms with van der Waals surface area (Å²) in [6.45, 7) is 8.61. The Morgan fingerprint density at radius 3 is 2.41 bits per heavy atom. The Bertz CT molecular complexity index is 1390. The van der Waals surface area contributed by atoms with Gasteiger partial charge in [-0.25, -0.2) is 9.18 Å². The molecule has 0 aliphatic carbocycles. The number of hydrogen-bond acceptors (Lipinski definition) is 7. The van der Waals surface area contributed by atoms with E-state index in [0.29, 0.717) is 17.0 Å². The maximum atomic E-state index is 13.5. The maximum Gasteiger partial charge on any atom is 0.379 e. The number of nitrogens with zero attached hydrogens (tertiary/aromatic N) is 3. The van der Waals surface area contributed by atoms with Crippen molar-refractivity contribution in [1.29, 1.82) is 0 Å². The van der Waals surface area contributed by atoms with Crippen molar-refractivity contribution in [2.45, 2.75) is 20.4 Å². The third kappa shape index (κ3) is 5.89. The SMILES string of the molecule is CCOC(=O)C(=O)C=C(O)c1cn(Cc2ccc(F)cc2)c2cc(N3CCN(CC)CC3)ccc2c1=O. The Kier molecular flexibility index (Phi) is 8.03. The van der Waals surface area contributed by atoms with Gasteiger partial charge >= 0.3 is 5.97 Å². The van der Waals surface area contributed by atoms with E-state index >= 15 is 0 Å². The summed E-state index contributed by atoms with van der Waals surface area (Å²) in [6, 6.07) is 11.5. The van der Waals surface area contributed by atoms with Gasteiger partial charge in [0.15, 0.2) is 5.43 Å². The van der Waals surface area contributed by atoms with Gasteiger partial charge in [0, 0.05) is 56.1 Å². The number of carbonyl (C=O) groups is 2. The Balaban J connectivity index is 1.79. The lowest BCUT2D eigenvalue weighted by molar-refractivity contribution is -0.151. The molecule has 0 spiro atoms. The smallest absolute Gasteiger partial charge is 0.379 e. The molecule has 0 bridgehead atoms. The van der Waals surface area contributed by atoms with Crippen LogP contribution < -0.4 is 10.3 Å². The zero-order valence-corrected chi connectivity index (χ0v) is 20.9. The largest absolute Gasteiger partial charge is 0.507 e. The summed E-state index contributed by atoms with van der Waals surface area (Å²) < 4.78 is 19.9. The number of rotatable bonds is 8. The number of hydrogen-bond donors (Lipinski definition) is 1. The maximum absolute atomic E-state index is 13.5. The third-order valence-corrected chi connectivity index (χ3v) is 6.54. The minimum atomic E-state index is -1.12. The van der Waals surface area contributed by atoms with Gasteiger partial charge in [0.25, 0.3) is 5.78 Å². The number of ketones is 1. The van der Waals surface area contributed by atoms with E-state index in [2.05, 4.69) is 21.5 Å². The summed E-state index contributed by atoms with van der Waals surface area (Å²) in [5.41, 5.74) is 1.79. The number of likely N-dealkylation sites (N-methyl/N-ethyl adjacent to an activating group) is 1. The van der Waals surface area contributed by atoms with Crippen molar-refractivity contribution in [3.05, 3.63) is 81.9 Å². The van der Waals surface area contributed by atoms with Crippen LogP contribution in [0.1, 0.15) is 25.0 Å². The van der Waals surface area contributed by atoms with Crippen molar-refractivity contribution < 1.29 is 23.8 Å². The third-order valence-electron chi connectivity index (χ3n) is 6.54. The van der Waals surface area contributed by atoms with Gasteiger partial charge in [0.1, 0.15) is 11.6 Å². The minimum absolute atomic E-state index is 0.00938. The lowest BCUT2D eigenvalue weighted by atomic mass is 10.1. The van der Waals surface area contributed by atoms with Crippen molar-refractivity contribution in [2.24, 2.45) is 0 Å². The van der Waals surface area contributed by atoms with Crippen molar-refractivity contribution in [3.8, 4) is 0 Å². The molecule has 1 aliphatic rings. The Hall–Kier alpha value is -3.98. The monoisotopic (exact) mass is 507 g/mol. The molecule has 8 nitrogen and oxygen atoms in total. The average Bonchev–Trinajstić information content (AvgIpc) is 2.91. The fourth-order valence-corrected chi connectivity index (χ4v) is 4.46. The van der Waals surface area contributed by atoms with Crippen LogP contribution in [-0.4, -0.2) is 65.7 Å². The number of halogens is 1. The van der Waals surface area contributed by atoms with Gasteiger partial charge in [-0.3, -0.25) is 9.59 Å². The number of ether oxygens (including phenoxy) is 1. The number of piperazine rings is 1. The first-order valence-corrected chi connectivity index (χ1v) is 12.3. The normalized spacial score (nSPS) is 14.7. The molecule has 0 atom stereocenters. The second-order valence-electron chi connectivity index (χ2n) is 8.86. The highest BCUT2D eigenvalue weighted by molar-refractivity contribution is 6.39. The van der Waals surface area contributed by atoms with Crippen molar-refractivity contribution in [2.75, 3.05) is 44.2 Å². The first kappa shape index (κ1) is 26.1. The molecular formula is C28H30FN3O5. The lowest BCUT2D eigenvalue weighted by Gasteiger charge is -2.35. The van der Waals surface area contributed by atoms with E-state index in [1.165, 1.54) is 18.3 Å². The number of anilines is 1. The van der Waals surface area contributed by atoms with Crippen LogP contribution in [0, 0.1) is 5.82 Å². The zero-order valence-electron chi connectivity index (χ0n) is 20.9. The van der Waals surface area contributed by atoms with Crippen LogP contribution in [0.3, 0.4) is 0 Å². The van der Waals surface area contributed by atoms with E-state index in [4.69, 9.17) is 0 Å². The number of fused-ring (bicyclic) bond motifs is 1. The van der Waals surface area contributed by atoms with Crippen molar-refractivity contribution >= 4 is 34.1 Å². The lowest BCUT2D eigenvalue weighted by Crippen LogP contribution is -2.46. The van der Waals surface area contributed by atoms with Gasteiger partial charge < -0.3 is 24.2 Å². The van der Waals surface area contributed by atoms with Crippen LogP contribution in [0.5, 0.6) is 0 Å². The molecule has 2 heterocycles. The number of benzene rings is 2. The van der Waals surface area contributed by atoms with Gasteiger partial charge in [-0.1, -0.05) is 19.1 Å². The summed E-state index contributed by atoms with van der Waals surface area (Å²) in [5, 5.41) is 11.0. The minimum Gasteiger partial charge on any atom is -0.507 e. The molecule has 2 aromatic carbocycles. The molecule has 0 amide bonds. The Morgan fingerprint density at radius 1 is 1.05 bits per heavy atom.